The van der Waals surface area contributed by atoms with Crippen molar-refractivity contribution in [3.8, 4) is 0 Å². The maximum atomic E-state index is 12.6. The van der Waals surface area contributed by atoms with Gasteiger partial charge in [0.1, 0.15) is 0 Å². The van der Waals surface area contributed by atoms with Crippen LogP contribution in [0.4, 0.5) is 0 Å². The van der Waals surface area contributed by atoms with E-state index in [1.54, 1.807) is 16.8 Å². The summed E-state index contributed by atoms with van der Waals surface area (Å²) in [5.41, 5.74) is 2.70. The molecule has 4 nitrogen and oxygen atoms in total. The largest absolute Gasteiger partial charge is 0.332 e. The number of hydrogen-bond donors (Lipinski definition) is 1. The summed E-state index contributed by atoms with van der Waals surface area (Å²) >= 11 is 5.33. The number of aryl methyl sites for hydroxylation is 1. The Morgan fingerprint density at radius 2 is 2.05 bits per heavy atom. The van der Waals surface area contributed by atoms with E-state index >= 15 is 0 Å². The molecule has 0 aliphatic carbocycles. The number of pyridine rings is 1. The smallest absolute Gasteiger partial charge is 0.262 e. The number of benzene rings is 1. The summed E-state index contributed by atoms with van der Waals surface area (Å²) in [5, 5.41) is 0.639. The van der Waals surface area contributed by atoms with Crippen molar-refractivity contribution in [2.24, 2.45) is 0 Å². The first kappa shape index (κ1) is 13.7. The summed E-state index contributed by atoms with van der Waals surface area (Å²) in [6.45, 7) is 2.47. The standard InChI is InChI=1S/C16H15N3OS/c1-2-11-6-5-9-17-14(11)10-19-15(20)12-7-3-4-8-13(12)18-16(19)21/h3-9H,2,10H2,1H3,(H,18,21). The summed E-state index contributed by atoms with van der Waals surface area (Å²) in [4.78, 5) is 20.1. The van der Waals surface area contributed by atoms with E-state index in [4.69, 9.17) is 12.2 Å². The highest BCUT2D eigenvalue weighted by atomic mass is 32.1. The fourth-order valence-electron chi connectivity index (χ4n) is 2.43. The lowest BCUT2D eigenvalue weighted by molar-refractivity contribution is 0.708. The summed E-state index contributed by atoms with van der Waals surface area (Å²) < 4.78 is 1.99. The van der Waals surface area contributed by atoms with Gasteiger partial charge in [-0.15, -0.1) is 0 Å². The first-order chi connectivity index (χ1) is 10.2. The number of nitrogens with zero attached hydrogens (tertiary/aromatic N) is 2. The Labute approximate surface area is 127 Å². The lowest BCUT2D eigenvalue weighted by atomic mass is 10.1. The Balaban J connectivity index is 2.17. The summed E-state index contributed by atoms with van der Waals surface area (Å²) in [6, 6.07) is 11.3. The molecule has 0 unspecified atom stereocenters. The van der Waals surface area contributed by atoms with Crippen molar-refractivity contribution in [3.05, 3.63) is 69.0 Å². The lowest BCUT2D eigenvalue weighted by Gasteiger charge is -2.10. The zero-order valence-corrected chi connectivity index (χ0v) is 12.5. The molecular weight excluding hydrogens is 282 g/mol. The molecule has 0 saturated carbocycles. The summed E-state index contributed by atoms with van der Waals surface area (Å²) in [7, 11) is 0. The average Bonchev–Trinajstić information content (AvgIpc) is 2.52. The van der Waals surface area contributed by atoms with Crippen LogP contribution in [0.5, 0.6) is 0 Å². The second-order valence-corrected chi connectivity index (χ2v) is 5.22. The predicted octanol–water partition coefficient (Wildman–Crippen LogP) is 3.06. The van der Waals surface area contributed by atoms with Gasteiger partial charge in [0, 0.05) is 6.20 Å². The lowest BCUT2D eigenvalue weighted by Crippen LogP contribution is -2.23. The molecule has 2 aromatic heterocycles. The van der Waals surface area contributed by atoms with Gasteiger partial charge in [-0.05, 0) is 42.4 Å². The summed E-state index contributed by atoms with van der Waals surface area (Å²) in [6.07, 6.45) is 2.62. The molecule has 21 heavy (non-hydrogen) atoms. The number of fused-ring (bicyclic) bond motifs is 1. The predicted molar refractivity (Wildman–Crippen MR) is 86.1 cm³/mol. The second kappa shape index (κ2) is 5.61. The van der Waals surface area contributed by atoms with Crippen LogP contribution in [0.1, 0.15) is 18.2 Å². The van der Waals surface area contributed by atoms with Crippen LogP contribution in [0.15, 0.2) is 47.4 Å². The molecule has 1 N–H and O–H groups in total. The van der Waals surface area contributed by atoms with Gasteiger partial charge in [-0.1, -0.05) is 25.1 Å². The van der Waals surface area contributed by atoms with Gasteiger partial charge < -0.3 is 4.98 Å². The van der Waals surface area contributed by atoms with Gasteiger partial charge in [-0.3, -0.25) is 14.3 Å². The van der Waals surface area contributed by atoms with Gasteiger partial charge in [-0.25, -0.2) is 0 Å². The van der Waals surface area contributed by atoms with Crippen LogP contribution in [-0.4, -0.2) is 14.5 Å². The van der Waals surface area contributed by atoms with Crippen molar-refractivity contribution in [2.75, 3.05) is 0 Å². The van der Waals surface area contributed by atoms with Crippen LogP contribution in [0.3, 0.4) is 0 Å². The highest BCUT2D eigenvalue weighted by molar-refractivity contribution is 7.71. The van der Waals surface area contributed by atoms with Crippen molar-refractivity contribution < 1.29 is 0 Å². The summed E-state index contributed by atoms with van der Waals surface area (Å²) in [5.74, 6) is 0. The molecule has 5 heteroatoms. The van der Waals surface area contributed by atoms with Crippen LogP contribution < -0.4 is 5.56 Å². The Morgan fingerprint density at radius 1 is 1.24 bits per heavy atom. The van der Waals surface area contributed by atoms with Gasteiger partial charge in [0.2, 0.25) is 0 Å². The van der Waals surface area contributed by atoms with Crippen molar-refractivity contribution in [2.45, 2.75) is 19.9 Å². The fourth-order valence-corrected chi connectivity index (χ4v) is 2.69. The normalized spacial score (nSPS) is 10.9. The maximum absolute atomic E-state index is 12.6. The highest BCUT2D eigenvalue weighted by Crippen LogP contribution is 2.10. The van der Waals surface area contributed by atoms with Crippen LogP contribution in [-0.2, 0) is 13.0 Å². The van der Waals surface area contributed by atoms with Crippen molar-refractivity contribution in [1.82, 2.24) is 14.5 Å². The second-order valence-electron chi connectivity index (χ2n) is 4.83. The molecule has 0 fully saturated rings. The Morgan fingerprint density at radius 3 is 2.86 bits per heavy atom. The molecule has 0 aliphatic rings. The monoisotopic (exact) mass is 297 g/mol. The molecule has 0 aliphatic heterocycles. The SMILES string of the molecule is CCc1cccnc1Cn1c(=S)[nH]c2ccccc2c1=O. The van der Waals surface area contributed by atoms with Crippen molar-refractivity contribution >= 4 is 23.1 Å². The van der Waals surface area contributed by atoms with E-state index < -0.39 is 0 Å². The van der Waals surface area contributed by atoms with Gasteiger partial charge in [-0.2, -0.15) is 0 Å². The zero-order valence-electron chi connectivity index (χ0n) is 11.7. The highest BCUT2D eigenvalue weighted by Gasteiger charge is 2.08. The topological polar surface area (TPSA) is 50.7 Å². The van der Waals surface area contributed by atoms with Crippen molar-refractivity contribution in [1.29, 1.82) is 0 Å². The molecule has 106 valence electrons. The van der Waals surface area contributed by atoms with Gasteiger partial charge in [0.15, 0.2) is 4.77 Å². The van der Waals surface area contributed by atoms with Gasteiger partial charge >= 0.3 is 0 Å². The molecule has 3 rings (SSSR count). The van der Waals surface area contributed by atoms with E-state index in [0.717, 1.165) is 23.2 Å². The number of aromatic nitrogens is 3. The van der Waals surface area contributed by atoms with Crippen LogP contribution in [0, 0.1) is 4.77 Å². The van der Waals surface area contributed by atoms with E-state index in [1.807, 2.05) is 30.3 Å². The minimum Gasteiger partial charge on any atom is -0.332 e. The van der Waals surface area contributed by atoms with E-state index in [9.17, 15) is 4.79 Å². The number of H-pyrrole nitrogens is 1. The number of rotatable bonds is 3. The first-order valence-corrected chi connectivity index (χ1v) is 7.26. The minimum absolute atomic E-state index is 0.0814. The Kier molecular flexibility index (Phi) is 3.66. The molecule has 2 heterocycles. The Hall–Kier alpha value is -2.27. The van der Waals surface area contributed by atoms with Gasteiger partial charge in [0.05, 0.1) is 23.1 Å². The maximum Gasteiger partial charge on any atom is 0.262 e. The van der Waals surface area contributed by atoms with E-state index in [0.29, 0.717) is 16.7 Å². The number of hydrogen-bond acceptors (Lipinski definition) is 3. The van der Waals surface area contributed by atoms with Crippen molar-refractivity contribution in [3.63, 3.8) is 0 Å². The molecule has 0 bridgehead atoms. The molecule has 0 atom stereocenters. The third-order valence-corrected chi connectivity index (χ3v) is 3.89. The third-order valence-electron chi connectivity index (χ3n) is 3.56. The quantitative estimate of drug-likeness (QED) is 0.756. The Bertz CT molecular complexity index is 911. The molecule has 0 saturated heterocycles. The molecule has 1 aromatic carbocycles. The molecule has 3 aromatic rings. The molecule has 0 amide bonds. The van der Waals surface area contributed by atoms with Gasteiger partial charge in [0.25, 0.3) is 5.56 Å². The fraction of sp³-hybridized carbons (Fsp3) is 0.188. The van der Waals surface area contributed by atoms with Crippen LogP contribution in [0.2, 0.25) is 0 Å². The molecule has 0 spiro atoms. The first-order valence-electron chi connectivity index (χ1n) is 6.85. The third kappa shape index (κ3) is 2.52. The van der Waals surface area contributed by atoms with Crippen LogP contribution in [0.25, 0.3) is 10.9 Å². The average molecular weight is 297 g/mol. The minimum atomic E-state index is -0.0814. The van der Waals surface area contributed by atoms with E-state index in [-0.39, 0.29) is 5.56 Å². The van der Waals surface area contributed by atoms with E-state index in [1.165, 1.54) is 0 Å². The zero-order chi connectivity index (χ0) is 14.8. The number of para-hydroxylation sites is 1. The van der Waals surface area contributed by atoms with Crippen LogP contribution >= 0.6 is 12.2 Å². The van der Waals surface area contributed by atoms with E-state index in [2.05, 4.69) is 16.9 Å². The molecular formula is C16H15N3OS. The number of aromatic amines is 1. The number of nitrogens with one attached hydrogen (secondary N) is 1. The molecule has 0 radical (unpaired) electrons.